The first-order chi connectivity index (χ1) is 16.9. The van der Waals surface area contributed by atoms with Crippen LogP contribution in [0.1, 0.15) is 16.7 Å². The lowest BCUT2D eigenvalue weighted by Gasteiger charge is -2.27. The molecule has 0 heterocycles. The maximum Gasteiger partial charge on any atom is 0.339 e. The van der Waals surface area contributed by atoms with Gasteiger partial charge < -0.3 is 9.29 Å². The normalized spacial score (nSPS) is 11.8. The van der Waals surface area contributed by atoms with Crippen LogP contribution in [-0.4, -0.2) is 25.6 Å². The quantitative estimate of drug-likeness (QED) is 0.224. The Labute approximate surface area is 203 Å². The van der Waals surface area contributed by atoms with Gasteiger partial charge in [0.05, 0.1) is 6.21 Å². The molecule has 4 rings (SSSR count). The Morgan fingerprint density at radius 3 is 1.91 bits per heavy atom. The van der Waals surface area contributed by atoms with Crippen molar-refractivity contribution < 1.29 is 22.5 Å². The smallest absolute Gasteiger partial charge is 0.339 e. The van der Waals surface area contributed by atoms with E-state index in [4.69, 9.17) is 4.18 Å². The molecule has 0 unspecified atom stereocenters. The lowest BCUT2D eigenvalue weighted by Crippen LogP contribution is -2.43. The van der Waals surface area contributed by atoms with Gasteiger partial charge in [-0.2, -0.15) is 13.5 Å². The minimum atomic E-state index is -3.99. The van der Waals surface area contributed by atoms with Crippen molar-refractivity contribution in [1.29, 1.82) is 0 Å². The van der Waals surface area contributed by atoms with E-state index in [0.29, 0.717) is 16.7 Å². The largest absolute Gasteiger partial charge is 0.379 e. The van der Waals surface area contributed by atoms with Crippen LogP contribution in [0.4, 0.5) is 0 Å². The molecule has 0 spiro atoms. The maximum absolute atomic E-state index is 13.1. The van der Waals surface area contributed by atoms with Crippen LogP contribution in [0, 0.1) is 0 Å². The van der Waals surface area contributed by atoms with Crippen LogP contribution in [0.3, 0.4) is 0 Å². The maximum atomic E-state index is 13.1. The molecule has 0 atom stereocenters. The van der Waals surface area contributed by atoms with Gasteiger partial charge in [-0.3, -0.25) is 4.79 Å². The topological polar surface area (TPSA) is 105 Å². The highest BCUT2D eigenvalue weighted by Gasteiger charge is 2.39. The van der Waals surface area contributed by atoms with Crippen molar-refractivity contribution in [3.63, 3.8) is 0 Å². The van der Waals surface area contributed by atoms with Gasteiger partial charge in [-0.15, -0.1) is 0 Å². The molecule has 0 aliphatic heterocycles. The molecule has 0 bridgehead atoms. The molecule has 7 nitrogen and oxygen atoms in total. The van der Waals surface area contributed by atoms with Gasteiger partial charge in [-0.1, -0.05) is 91.0 Å². The molecule has 176 valence electrons. The Morgan fingerprint density at radius 2 is 1.34 bits per heavy atom. The van der Waals surface area contributed by atoms with E-state index < -0.39 is 21.6 Å². The molecular weight excluding hydrogens is 464 g/mol. The third-order valence-corrected chi connectivity index (χ3v) is 6.45. The lowest BCUT2D eigenvalue weighted by atomic mass is 9.85. The summed E-state index contributed by atoms with van der Waals surface area (Å²) in [5.41, 5.74) is 1.68. The number of carbonyl (C=O) groups is 1. The van der Waals surface area contributed by atoms with Crippen molar-refractivity contribution in [3.05, 3.63) is 132 Å². The molecule has 0 aliphatic carbocycles. The summed E-state index contributed by atoms with van der Waals surface area (Å²) in [4.78, 5) is 13.1. The van der Waals surface area contributed by atoms with Gasteiger partial charge in [0.25, 0.3) is 5.91 Å². The number of hydrogen-bond donors (Lipinski definition) is 2. The fraction of sp³-hybridized carbons (Fsp3) is 0.0370. The predicted octanol–water partition coefficient (Wildman–Crippen LogP) is 3.84. The summed E-state index contributed by atoms with van der Waals surface area (Å²) < 4.78 is 30.1. The predicted molar refractivity (Wildman–Crippen MR) is 132 cm³/mol. The average Bonchev–Trinajstić information content (AvgIpc) is 2.89. The molecule has 0 saturated carbocycles. The average molecular weight is 487 g/mol. The van der Waals surface area contributed by atoms with E-state index in [1.54, 1.807) is 91.0 Å². The Balaban J connectivity index is 1.52. The zero-order valence-electron chi connectivity index (χ0n) is 18.5. The second-order valence-electron chi connectivity index (χ2n) is 7.56. The van der Waals surface area contributed by atoms with Crippen LogP contribution in [0.25, 0.3) is 0 Å². The molecule has 8 heteroatoms. The highest BCUT2D eigenvalue weighted by Crippen LogP contribution is 2.29. The van der Waals surface area contributed by atoms with E-state index in [1.807, 2.05) is 0 Å². The summed E-state index contributed by atoms with van der Waals surface area (Å²) in [6.45, 7) is 0. The van der Waals surface area contributed by atoms with Crippen molar-refractivity contribution >= 4 is 22.2 Å². The first kappa shape index (κ1) is 23.9. The monoisotopic (exact) mass is 486 g/mol. The summed E-state index contributed by atoms with van der Waals surface area (Å²) in [7, 11) is -3.99. The minimum absolute atomic E-state index is 0.0347. The Bertz CT molecular complexity index is 1380. The van der Waals surface area contributed by atoms with Gasteiger partial charge >= 0.3 is 10.1 Å². The third-order valence-electron chi connectivity index (χ3n) is 5.19. The van der Waals surface area contributed by atoms with Gasteiger partial charge in [0.1, 0.15) is 10.6 Å². The van der Waals surface area contributed by atoms with Gasteiger partial charge in [0, 0.05) is 0 Å². The van der Waals surface area contributed by atoms with Crippen LogP contribution in [0.5, 0.6) is 5.75 Å². The number of hydrazone groups is 1. The number of carbonyl (C=O) groups excluding carboxylic acids is 1. The van der Waals surface area contributed by atoms with Crippen molar-refractivity contribution in [3.8, 4) is 5.75 Å². The van der Waals surface area contributed by atoms with Crippen LogP contribution in [0.15, 0.2) is 125 Å². The Hall–Kier alpha value is -4.27. The summed E-state index contributed by atoms with van der Waals surface area (Å²) in [6.07, 6.45) is 1.33. The molecule has 4 aromatic carbocycles. The molecule has 0 aromatic heterocycles. The summed E-state index contributed by atoms with van der Waals surface area (Å²) in [6, 6.07) is 31.2. The van der Waals surface area contributed by atoms with Gasteiger partial charge in [-0.05, 0) is 41.0 Å². The van der Waals surface area contributed by atoms with Crippen LogP contribution in [0.2, 0.25) is 0 Å². The van der Waals surface area contributed by atoms with E-state index in [0.717, 1.165) is 0 Å². The van der Waals surface area contributed by atoms with Crippen molar-refractivity contribution in [2.75, 3.05) is 0 Å². The van der Waals surface area contributed by atoms with Crippen LogP contribution < -0.4 is 9.61 Å². The molecule has 0 saturated heterocycles. The lowest BCUT2D eigenvalue weighted by molar-refractivity contribution is -0.136. The number of amides is 1. The van der Waals surface area contributed by atoms with Crippen molar-refractivity contribution in [1.82, 2.24) is 5.43 Å². The minimum Gasteiger partial charge on any atom is -0.379 e. The van der Waals surface area contributed by atoms with Gasteiger partial charge in [0.2, 0.25) is 0 Å². The number of nitrogens with zero attached hydrogens (tertiary/aromatic N) is 1. The second kappa shape index (κ2) is 10.3. The Morgan fingerprint density at radius 1 is 0.800 bits per heavy atom. The zero-order chi connectivity index (χ0) is 24.7. The molecule has 35 heavy (non-hydrogen) atoms. The first-order valence-electron chi connectivity index (χ1n) is 10.7. The van der Waals surface area contributed by atoms with E-state index in [2.05, 4.69) is 10.5 Å². The number of aliphatic hydroxyl groups is 1. The number of hydrogen-bond acceptors (Lipinski definition) is 6. The number of rotatable bonds is 8. The summed E-state index contributed by atoms with van der Waals surface area (Å²) in [5, 5.41) is 15.4. The third kappa shape index (κ3) is 5.46. The van der Waals surface area contributed by atoms with Gasteiger partial charge in [-0.25, -0.2) is 5.43 Å². The highest BCUT2D eigenvalue weighted by atomic mass is 32.2. The van der Waals surface area contributed by atoms with E-state index in [1.165, 1.54) is 30.5 Å². The molecule has 0 fully saturated rings. The molecule has 0 aliphatic rings. The molecule has 2 N–H and O–H groups in total. The van der Waals surface area contributed by atoms with E-state index in [-0.39, 0.29) is 10.6 Å². The van der Waals surface area contributed by atoms with Crippen LogP contribution in [-0.2, 0) is 20.5 Å². The van der Waals surface area contributed by atoms with E-state index in [9.17, 15) is 18.3 Å². The molecule has 0 radical (unpaired) electrons. The summed E-state index contributed by atoms with van der Waals surface area (Å²) >= 11 is 0. The highest BCUT2D eigenvalue weighted by molar-refractivity contribution is 7.87. The fourth-order valence-electron chi connectivity index (χ4n) is 3.44. The second-order valence-corrected chi connectivity index (χ2v) is 9.11. The molecule has 4 aromatic rings. The molecular formula is C27H22N2O5S. The van der Waals surface area contributed by atoms with Crippen molar-refractivity contribution in [2.24, 2.45) is 5.10 Å². The zero-order valence-corrected chi connectivity index (χ0v) is 19.3. The fourth-order valence-corrected chi connectivity index (χ4v) is 4.39. The standard InChI is InChI=1S/C27H22N2O5S/c30-26(27(31,22-12-4-1-5-13-22)23-14-6-2-7-15-23)29-28-20-21-11-10-16-24(19-21)34-35(32,33)25-17-8-3-9-18-25/h1-20,31H,(H,29,30)/b28-20-. The molecule has 1 amide bonds. The van der Waals surface area contributed by atoms with Gasteiger partial charge in [0.15, 0.2) is 5.60 Å². The Kier molecular flexibility index (Phi) is 7.05. The summed E-state index contributed by atoms with van der Waals surface area (Å²) in [5.74, 6) is -0.653. The van der Waals surface area contributed by atoms with Crippen LogP contribution >= 0.6 is 0 Å². The number of nitrogens with one attached hydrogen (secondary N) is 1. The van der Waals surface area contributed by atoms with Crippen molar-refractivity contribution in [2.45, 2.75) is 10.5 Å². The first-order valence-corrected chi connectivity index (χ1v) is 12.1. The number of benzene rings is 4. The van der Waals surface area contributed by atoms with E-state index >= 15 is 0 Å². The SMILES string of the molecule is O=C(N/N=C\c1cccc(OS(=O)(=O)c2ccccc2)c1)C(O)(c1ccccc1)c1ccccc1.